The van der Waals surface area contributed by atoms with Crippen molar-refractivity contribution >= 4 is 17.8 Å². The number of ether oxygens (including phenoxy) is 4. The van der Waals surface area contributed by atoms with E-state index in [0.29, 0.717) is 30.3 Å². The summed E-state index contributed by atoms with van der Waals surface area (Å²) in [6, 6.07) is 7.28. The second kappa shape index (κ2) is 12.7. The van der Waals surface area contributed by atoms with E-state index in [0.717, 1.165) is 56.6 Å². The van der Waals surface area contributed by atoms with E-state index in [2.05, 4.69) is 25.2 Å². The zero-order valence-electron chi connectivity index (χ0n) is 21.6. The van der Waals surface area contributed by atoms with Crippen molar-refractivity contribution in [1.82, 2.24) is 19.9 Å². The number of fused-ring (bicyclic) bond motifs is 1. The van der Waals surface area contributed by atoms with Crippen molar-refractivity contribution in [2.45, 2.75) is 18.9 Å². The van der Waals surface area contributed by atoms with E-state index in [1.54, 1.807) is 31.5 Å². The Bertz CT molecular complexity index is 1310. The molecular formula is C28H30FN5O5. The quantitative estimate of drug-likeness (QED) is 0.389. The van der Waals surface area contributed by atoms with Crippen LogP contribution < -0.4 is 10.1 Å². The summed E-state index contributed by atoms with van der Waals surface area (Å²) >= 11 is 0. The highest BCUT2D eigenvalue weighted by molar-refractivity contribution is 6.02. The topological polar surface area (TPSA) is 108 Å². The van der Waals surface area contributed by atoms with Gasteiger partial charge in [-0.25, -0.2) is 9.37 Å². The van der Waals surface area contributed by atoms with Crippen LogP contribution in [0, 0.1) is 5.82 Å². The number of rotatable bonds is 10. The summed E-state index contributed by atoms with van der Waals surface area (Å²) in [6.45, 7) is 5.11. The van der Waals surface area contributed by atoms with E-state index in [-0.39, 0.29) is 17.6 Å². The Morgan fingerprint density at radius 2 is 2.00 bits per heavy atom. The van der Waals surface area contributed by atoms with Gasteiger partial charge in [-0.3, -0.25) is 19.7 Å². The molecule has 3 aromatic rings. The fourth-order valence-corrected chi connectivity index (χ4v) is 4.43. The molecule has 10 nitrogen and oxygen atoms in total. The summed E-state index contributed by atoms with van der Waals surface area (Å²) in [7, 11) is 1.63. The molecule has 5 rings (SSSR count). The van der Waals surface area contributed by atoms with Gasteiger partial charge >= 0.3 is 0 Å². The molecule has 1 saturated heterocycles. The maximum atomic E-state index is 13.4. The Morgan fingerprint density at radius 1 is 1.15 bits per heavy atom. The Hall–Kier alpha value is -3.93. The largest absolute Gasteiger partial charge is 0.498 e. The molecule has 1 aliphatic heterocycles. The van der Waals surface area contributed by atoms with Gasteiger partial charge in [-0.05, 0) is 36.8 Å². The number of aromatic nitrogens is 3. The molecule has 39 heavy (non-hydrogen) atoms. The van der Waals surface area contributed by atoms with Gasteiger partial charge in [0, 0.05) is 56.7 Å². The van der Waals surface area contributed by atoms with Crippen molar-refractivity contribution in [1.29, 1.82) is 0 Å². The third kappa shape index (κ3) is 6.94. The van der Waals surface area contributed by atoms with Crippen LogP contribution in [-0.4, -0.2) is 78.4 Å². The molecule has 0 saturated carbocycles. The molecule has 1 N–H and O–H groups in total. The van der Waals surface area contributed by atoms with Gasteiger partial charge in [-0.2, -0.15) is 0 Å². The molecule has 1 unspecified atom stereocenters. The van der Waals surface area contributed by atoms with Gasteiger partial charge in [0.2, 0.25) is 0 Å². The van der Waals surface area contributed by atoms with Crippen molar-refractivity contribution in [3.05, 3.63) is 77.5 Å². The standard InChI is InChI=1S/C28H30FN5O5/c1-36-25-16-21-22(17-26(25)38-12-2-9-34-10-13-37-14-11-34)30-8-6-24(21)39-20-3-4-27(32-18-20)33-28(35)23-15-19(29)5-7-31-23/h3-8,15-16,18,26H,2,9-14,17H2,1H3,(H,32,33,35). The lowest BCUT2D eigenvalue weighted by Gasteiger charge is -2.28. The smallest absolute Gasteiger partial charge is 0.275 e. The van der Waals surface area contributed by atoms with Crippen LogP contribution in [0.4, 0.5) is 10.2 Å². The van der Waals surface area contributed by atoms with Crippen molar-refractivity contribution in [3.63, 3.8) is 0 Å². The fourth-order valence-electron chi connectivity index (χ4n) is 4.43. The van der Waals surface area contributed by atoms with E-state index in [1.807, 2.05) is 6.08 Å². The first kappa shape index (κ1) is 26.7. The summed E-state index contributed by atoms with van der Waals surface area (Å²) in [5.41, 5.74) is 1.63. The van der Waals surface area contributed by atoms with Crippen LogP contribution in [0.1, 0.15) is 28.2 Å². The minimum atomic E-state index is -0.561. The lowest BCUT2D eigenvalue weighted by molar-refractivity contribution is 0.0166. The van der Waals surface area contributed by atoms with E-state index in [4.69, 9.17) is 18.9 Å². The number of nitrogens with zero attached hydrogens (tertiary/aromatic N) is 4. The zero-order chi connectivity index (χ0) is 27.0. The monoisotopic (exact) mass is 535 g/mol. The van der Waals surface area contributed by atoms with E-state index >= 15 is 0 Å². The van der Waals surface area contributed by atoms with E-state index < -0.39 is 11.7 Å². The molecule has 4 heterocycles. The first-order chi connectivity index (χ1) is 19.1. The SMILES string of the molecule is COC1=Cc2c(Oc3ccc(NC(=O)c4cc(F)ccn4)nc3)ccnc2CC1OCCCN1CCOCC1. The Labute approximate surface area is 225 Å². The zero-order valence-corrected chi connectivity index (χ0v) is 21.6. The lowest BCUT2D eigenvalue weighted by atomic mass is 9.98. The highest BCUT2D eigenvalue weighted by atomic mass is 19.1. The molecule has 1 fully saturated rings. The van der Waals surface area contributed by atoms with Crippen LogP contribution in [0.3, 0.4) is 0 Å². The average molecular weight is 536 g/mol. The fraction of sp³-hybridized carbons (Fsp3) is 0.357. The number of carbonyl (C=O) groups excluding carboxylic acids is 1. The van der Waals surface area contributed by atoms with Crippen molar-refractivity contribution in [3.8, 4) is 11.5 Å². The molecule has 0 spiro atoms. The number of halogens is 1. The maximum Gasteiger partial charge on any atom is 0.275 e. The first-order valence-corrected chi connectivity index (χ1v) is 12.8. The molecule has 0 radical (unpaired) electrons. The molecular weight excluding hydrogens is 505 g/mol. The van der Waals surface area contributed by atoms with Crippen molar-refractivity contribution in [2.75, 3.05) is 51.9 Å². The van der Waals surface area contributed by atoms with Gasteiger partial charge < -0.3 is 24.3 Å². The minimum absolute atomic E-state index is 0.0411. The molecule has 11 heteroatoms. The lowest BCUT2D eigenvalue weighted by Crippen LogP contribution is -2.37. The number of anilines is 1. The highest BCUT2D eigenvalue weighted by Gasteiger charge is 2.26. The van der Waals surface area contributed by atoms with Gasteiger partial charge in [0.15, 0.2) is 0 Å². The average Bonchev–Trinajstić information content (AvgIpc) is 2.96. The van der Waals surface area contributed by atoms with Gasteiger partial charge in [-0.1, -0.05) is 0 Å². The molecule has 204 valence electrons. The molecule has 3 aromatic heterocycles. The van der Waals surface area contributed by atoms with E-state index in [1.165, 1.54) is 18.5 Å². The van der Waals surface area contributed by atoms with Crippen molar-refractivity contribution < 1.29 is 28.1 Å². The predicted molar refractivity (Wildman–Crippen MR) is 141 cm³/mol. The number of morpholine rings is 1. The van der Waals surface area contributed by atoms with Crippen LogP contribution in [0.5, 0.6) is 11.5 Å². The van der Waals surface area contributed by atoms with E-state index in [9.17, 15) is 9.18 Å². The molecule has 1 aliphatic carbocycles. The molecule has 0 bridgehead atoms. The second-order valence-electron chi connectivity index (χ2n) is 9.09. The molecule has 2 aliphatic rings. The summed E-state index contributed by atoms with van der Waals surface area (Å²) in [4.78, 5) is 27.3. The van der Waals surface area contributed by atoms with Crippen LogP contribution in [-0.2, 0) is 20.6 Å². The Kier molecular flexibility index (Phi) is 8.71. The Morgan fingerprint density at radius 3 is 2.77 bits per heavy atom. The van der Waals surface area contributed by atoms with Gasteiger partial charge in [0.1, 0.15) is 40.7 Å². The maximum absolute atomic E-state index is 13.4. The van der Waals surface area contributed by atoms with Crippen LogP contribution in [0.2, 0.25) is 0 Å². The molecule has 1 atom stereocenters. The van der Waals surface area contributed by atoms with Crippen LogP contribution in [0.25, 0.3) is 6.08 Å². The summed E-state index contributed by atoms with van der Waals surface area (Å²) in [5, 5.41) is 2.59. The van der Waals surface area contributed by atoms with Gasteiger partial charge in [0.25, 0.3) is 5.91 Å². The molecule has 1 amide bonds. The number of carbonyl (C=O) groups is 1. The predicted octanol–water partition coefficient (Wildman–Crippen LogP) is 3.71. The number of hydrogen-bond acceptors (Lipinski definition) is 9. The first-order valence-electron chi connectivity index (χ1n) is 12.8. The van der Waals surface area contributed by atoms with Crippen molar-refractivity contribution in [2.24, 2.45) is 0 Å². The van der Waals surface area contributed by atoms with Crippen LogP contribution >= 0.6 is 0 Å². The third-order valence-corrected chi connectivity index (χ3v) is 6.45. The van der Waals surface area contributed by atoms with Gasteiger partial charge in [-0.15, -0.1) is 0 Å². The number of hydrogen-bond donors (Lipinski definition) is 1. The number of nitrogens with one attached hydrogen (secondary N) is 1. The number of amides is 1. The highest BCUT2D eigenvalue weighted by Crippen LogP contribution is 2.34. The summed E-state index contributed by atoms with van der Waals surface area (Å²) in [5.74, 6) is 0.968. The minimum Gasteiger partial charge on any atom is -0.498 e. The second-order valence-corrected chi connectivity index (χ2v) is 9.09. The normalized spacial score (nSPS) is 17.2. The summed E-state index contributed by atoms with van der Waals surface area (Å²) in [6.07, 6.45) is 7.61. The Balaban J connectivity index is 1.20. The summed E-state index contributed by atoms with van der Waals surface area (Å²) < 4.78 is 36.7. The van der Waals surface area contributed by atoms with Gasteiger partial charge in [0.05, 0.1) is 32.2 Å². The number of pyridine rings is 3. The van der Waals surface area contributed by atoms with Crippen LogP contribution in [0.15, 0.2) is 54.7 Å². The molecule has 0 aromatic carbocycles. The number of methoxy groups -OCH3 is 1. The third-order valence-electron chi connectivity index (χ3n) is 6.45.